The fraction of sp³-hybridized carbons (Fsp3) is 0.652. The molecule has 0 spiro atoms. The zero-order chi connectivity index (χ0) is 23.1. The molecule has 2 aromatic heterocycles. The highest BCUT2D eigenvalue weighted by molar-refractivity contribution is 7.17. The first kappa shape index (κ1) is 25.0. The van der Waals surface area contributed by atoms with E-state index in [-0.39, 0.29) is 18.3 Å². The van der Waals surface area contributed by atoms with Gasteiger partial charge in [0.05, 0.1) is 24.4 Å². The first-order valence-electron chi connectivity index (χ1n) is 11.2. The van der Waals surface area contributed by atoms with E-state index in [0.29, 0.717) is 34.8 Å². The molecule has 0 atom stereocenters. The average Bonchev–Trinajstić information content (AvgIpc) is 3.20. The minimum absolute atomic E-state index is 0.0180. The van der Waals surface area contributed by atoms with Crippen LogP contribution in [0.25, 0.3) is 0 Å². The molecule has 0 N–H and O–H groups in total. The van der Waals surface area contributed by atoms with Crippen LogP contribution in [0.5, 0.6) is 0 Å². The largest absolute Gasteiger partial charge is 0.462 e. The van der Waals surface area contributed by atoms with Crippen LogP contribution in [0.3, 0.4) is 0 Å². The third-order valence-electron chi connectivity index (χ3n) is 5.16. The number of unbranched alkanes of at least 4 members (excludes halogenated alkanes) is 2. The van der Waals surface area contributed by atoms with E-state index in [1.165, 1.54) is 11.3 Å². The van der Waals surface area contributed by atoms with E-state index in [2.05, 4.69) is 30.9 Å². The minimum atomic E-state index is -0.383. The maximum Gasteiger partial charge on any atom is 0.350 e. The molecule has 0 radical (unpaired) electrons. The molecule has 0 unspecified atom stereocenters. The van der Waals surface area contributed by atoms with E-state index < -0.39 is 0 Å². The molecule has 1 amide bonds. The number of hydrogen-bond acceptors (Lipinski definition) is 6. The van der Waals surface area contributed by atoms with Gasteiger partial charge in [-0.1, -0.05) is 44.9 Å². The van der Waals surface area contributed by atoms with Gasteiger partial charge in [-0.15, -0.1) is 0 Å². The maximum atomic E-state index is 13.4. The topological polar surface area (TPSA) is 77.3 Å². The van der Waals surface area contributed by atoms with Crippen molar-refractivity contribution in [2.45, 2.75) is 80.7 Å². The first-order valence-corrected chi connectivity index (χ1v) is 12.0. The maximum absolute atomic E-state index is 13.4. The van der Waals surface area contributed by atoms with Crippen molar-refractivity contribution < 1.29 is 14.3 Å². The molecule has 0 saturated heterocycles. The van der Waals surface area contributed by atoms with Gasteiger partial charge in [0.25, 0.3) is 0 Å². The number of carbonyl (C=O) groups is 2. The molecule has 7 nitrogen and oxygen atoms in total. The number of aryl methyl sites for hydroxylation is 2. The van der Waals surface area contributed by atoms with Crippen molar-refractivity contribution in [1.82, 2.24) is 14.8 Å². The molecular formula is C23H36N4O3S. The lowest BCUT2D eigenvalue weighted by Gasteiger charge is -2.20. The Morgan fingerprint density at radius 2 is 1.84 bits per heavy atom. The second-order valence-corrected chi connectivity index (χ2v) is 9.26. The van der Waals surface area contributed by atoms with Crippen molar-refractivity contribution in [1.29, 1.82) is 0 Å². The van der Waals surface area contributed by atoms with E-state index in [9.17, 15) is 9.59 Å². The van der Waals surface area contributed by atoms with Gasteiger partial charge >= 0.3 is 5.97 Å². The van der Waals surface area contributed by atoms with Gasteiger partial charge in [0, 0.05) is 24.3 Å². The summed E-state index contributed by atoms with van der Waals surface area (Å²) in [5, 5.41) is 5.21. The first-order chi connectivity index (χ1) is 14.7. The SMILES string of the molecule is CCCCCN(C(=O)Cc1c(C)nn(CC(C)C)c1C)c1nc(C)c(C(=O)OCC)s1. The van der Waals surface area contributed by atoms with Gasteiger partial charge in [0.1, 0.15) is 4.88 Å². The zero-order valence-electron chi connectivity index (χ0n) is 19.9. The van der Waals surface area contributed by atoms with Gasteiger partial charge < -0.3 is 4.74 Å². The van der Waals surface area contributed by atoms with Crippen LogP contribution in [-0.2, 0) is 22.5 Å². The van der Waals surface area contributed by atoms with Crippen LogP contribution >= 0.6 is 11.3 Å². The zero-order valence-corrected chi connectivity index (χ0v) is 20.8. The van der Waals surface area contributed by atoms with Gasteiger partial charge in [-0.3, -0.25) is 14.4 Å². The molecule has 0 bridgehead atoms. The monoisotopic (exact) mass is 448 g/mol. The molecule has 0 aromatic carbocycles. The Bertz CT molecular complexity index is 901. The third-order valence-corrected chi connectivity index (χ3v) is 6.32. The summed E-state index contributed by atoms with van der Waals surface area (Å²) >= 11 is 1.23. The number of carbonyl (C=O) groups excluding carboxylic acids is 2. The Labute approximate surface area is 189 Å². The van der Waals surface area contributed by atoms with E-state index in [1.807, 2.05) is 18.5 Å². The molecule has 0 aliphatic rings. The van der Waals surface area contributed by atoms with E-state index >= 15 is 0 Å². The Balaban J connectivity index is 2.30. The van der Waals surface area contributed by atoms with Crippen LogP contribution in [0.1, 0.15) is 79.3 Å². The molecule has 2 aromatic rings. The van der Waals surface area contributed by atoms with Gasteiger partial charge in [0.15, 0.2) is 5.13 Å². The lowest BCUT2D eigenvalue weighted by atomic mass is 10.1. The second-order valence-electron chi connectivity index (χ2n) is 8.29. The Hall–Kier alpha value is -2.22. The van der Waals surface area contributed by atoms with Gasteiger partial charge in [-0.05, 0) is 40.0 Å². The second kappa shape index (κ2) is 11.4. The molecule has 8 heteroatoms. The number of nitrogens with zero attached hydrogens (tertiary/aromatic N) is 4. The van der Waals surface area contributed by atoms with Crippen LogP contribution in [0.15, 0.2) is 0 Å². The number of aromatic nitrogens is 3. The molecule has 31 heavy (non-hydrogen) atoms. The highest BCUT2D eigenvalue weighted by atomic mass is 32.1. The Morgan fingerprint density at radius 3 is 2.45 bits per heavy atom. The highest BCUT2D eigenvalue weighted by Crippen LogP contribution is 2.28. The lowest BCUT2D eigenvalue weighted by Crippen LogP contribution is -2.33. The van der Waals surface area contributed by atoms with Gasteiger partial charge in [-0.2, -0.15) is 5.10 Å². The average molecular weight is 449 g/mol. The number of esters is 1. The number of amides is 1. The highest BCUT2D eigenvalue weighted by Gasteiger charge is 2.25. The molecule has 2 heterocycles. The standard InChI is InChI=1S/C23H36N4O3S/c1-8-10-11-12-26(23-24-17(6)21(31-23)22(29)30-9-2)20(28)13-19-16(5)25-27(18(19)7)14-15(3)4/h15H,8-14H2,1-7H3. The summed E-state index contributed by atoms with van der Waals surface area (Å²) in [5.41, 5.74) is 3.51. The summed E-state index contributed by atoms with van der Waals surface area (Å²) in [6, 6.07) is 0. The molecule has 172 valence electrons. The number of rotatable bonds is 11. The van der Waals surface area contributed by atoms with Crippen LogP contribution in [0, 0.1) is 26.7 Å². The van der Waals surface area contributed by atoms with E-state index in [4.69, 9.17) is 4.74 Å². The molecule has 2 rings (SSSR count). The van der Waals surface area contributed by atoms with Crippen molar-refractivity contribution in [3.63, 3.8) is 0 Å². The van der Waals surface area contributed by atoms with Crippen LogP contribution in [0.4, 0.5) is 5.13 Å². The summed E-state index contributed by atoms with van der Waals surface area (Å²) in [6.07, 6.45) is 3.26. The summed E-state index contributed by atoms with van der Waals surface area (Å²) < 4.78 is 7.14. The van der Waals surface area contributed by atoms with Gasteiger partial charge in [0.2, 0.25) is 5.91 Å². The lowest BCUT2D eigenvalue weighted by molar-refractivity contribution is -0.118. The quantitative estimate of drug-likeness (QED) is 0.362. The fourth-order valence-electron chi connectivity index (χ4n) is 3.49. The summed E-state index contributed by atoms with van der Waals surface area (Å²) in [6.45, 7) is 15.7. The summed E-state index contributed by atoms with van der Waals surface area (Å²) in [7, 11) is 0. The van der Waals surface area contributed by atoms with Crippen molar-refractivity contribution in [3.8, 4) is 0 Å². The van der Waals surface area contributed by atoms with Crippen LogP contribution in [-0.4, -0.2) is 39.8 Å². The van der Waals surface area contributed by atoms with Crippen LogP contribution < -0.4 is 4.90 Å². The smallest absolute Gasteiger partial charge is 0.350 e. The van der Waals surface area contributed by atoms with Gasteiger partial charge in [-0.25, -0.2) is 9.78 Å². The van der Waals surface area contributed by atoms with Crippen LogP contribution in [0.2, 0.25) is 0 Å². The molecule has 0 saturated carbocycles. The van der Waals surface area contributed by atoms with Crippen molar-refractivity contribution in [2.24, 2.45) is 5.92 Å². The number of ether oxygens (including phenoxy) is 1. The molecular weight excluding hydrogens is 412 g/mol. The molecule has 0 fully saturated rings. The molecule has 0 aliphatic carbocycles. The molecule has 0 aliphatic heterocycles. The van der Waals surface area contributed by atoms with Crippen molar-refractivity contribution >= 4 is 28.3 Å². The van der Waals surface area contributed by atoms with E-state index in [1.54, 1.807) is 18.7 Å². The minimum Gasteiger partial charge on any atom is -0.462 e. The number of hydrogen-bond donors (Lipinski definition) is 0. The predicted molar refractivity (Wildman–Crippen MR) is 125 cm³/mol. The Kier molecular flexibility index (Phi) is 9.22. The van der Waals surface area contributed by atoms with E-state index in [0.717, 1.165) is 42.8 Å². The predicted octanol–water partition coefficient (Wildman–Crippen LogP) is 4.86. The van der Waals surface area contributed by atoms with Crippen molar-refractivity contribution in [2.75, 3.05) is 18.1 Å². The fourth-order valence-corrected chi connectivity index (χ4v) is 4.49. The number of anilines is 1. The number of thiazole rings is 1. The summed E-state index contributed by atoms with van der Waals surface area (Å²) in [4.78, 5) is 32.4. The Morgan fingerprint density at radius 1 is 1.13 bits per heavy atom. The van der Waals surface area contributed by atoms with Crippen molar-refractivity contribution in [3.05, 3.63) is 27.5 Å². The normalized spacial score (nSPS) is 11.2. The summed E-state index contributed by atoms with van der Waals surface area (Å²) in [5.74, 6) is 0.0774. The third kappa shape index (κ3) is 6.38.